The molecule has 0 fully saturated rings. The molecule has 0 spiro atoms. The van der Waals surface area contributed by atoms with Gasteiger partial charge < -0.3 is 5.11 Å². The van der Waals surface area contributed by atoms with Crippen molar-refractivity contribution >= 4 is 31.6 Å². The van der Waals surface area contributed by atoms with Crippen molar-refractivity contribution in [3.63, 3.8) is 0 Å². The fraction of sp³-hybridized carbons (Fsp3) is 0. The molecule has 0 bridgehead atoms. The van der Waals surface area contributed by atoms with E-state index < -0.39 is 10.0 Å². The molecule has 20 heavy (non-hydrogen) atoms. The number of nitrogens with zero attached hydrogens (tertiary/aromatic N) is 1. The van der Waals surface area contributed by atoms with Gasteiger partial charge in [0.05, 0.1) is 22.2 Å². The van der Waals surface area contributed by atoms with Crippen LogP contribution in [0.15, 0.2) is 51.8 Å². The molecule has 0 heterocycles. The zero-order chi connectivity index (χ0) is 14.8. The lowest BCUT2D eigenvalue weighted by Crippen LogP contribution is -2.13. The molecular weight excluding hydrogens is 344 g/mol. The number of phenols is 1. The van der Waals surface area contributed by atoms with Crippen molar-refractivity contribution in [2.75, 3.05) is 4.72 Å². The third-order valence-electron chi connectivity index (χ3n) is 2.49. The van der Waals surface area contributed by atoms with E-state index in [9.17, 15) is 8.42 Å². The first-order valence-electron chi connectivity index (χ1n) is 5.44. The molecule has 2 N–H and O–H groups in total. The summed E-state index contributed by atoms with van der Waals surface area (Å²) in [6.07, 6.45) is 0. The number of sulfonamides is 1. The Morgan fingerprint density at radius 2 is 1.80 bits per heavy atom. The third-order valence-corrected chi connectivity index (χ3v) is 4.53. The number of nitriles is 1. The quantitative estimate of drug-likeness (QED) is 0.888. The summed E-state index contributed by atoms with van der Waals surface area (Å²) < 4.78 is 27.2. The molecule has 0 aromatic heterocycles. The first kappa shape index (κ1) is 14.4. The largest absolute Gasteiger partial charge is 0.508 e. The van der Waals surface area contributed by atoms with Crippen molar-refractivity contribution in [1.82, 2.24) is 0 Å². The Morgan fingerprint density at radius 3 is 2.35 bits per heavy atom. The van der Waals surface area contributed by atoms with Gasteiger partial charge in [0.2, 0.25) is 0 Å². The maximum absolute atomic E-state index is 12.1. The molecule has 0 atom stereocenters. The molecule has 2 rings (SSSR count). The van der Waals surface area contributed by atoms with Crippen LogP contribution in [0.2, 0.25) is 0 Å². The predicted molar refractivity (Wildman–Crippen MR) is 77.8 cm³/mol. The molecule has 0 unspecified atom stereocenters. The van der Waals surface area contributed by atoms with Crippen LogP contribution in [0.5, 0.6) is 5.75 Å². The first-order chi connectivity index (χ1) is 9.42. The van der Waals surface area contributed by atoms with Crippen molar-refractivity contribution in [2.24, 2.45) is 0 Å². The average molecular weight is 353 g/mol. The molecule has 2 aromatic carbocycles. The smallest absolute Gasteiger partial charge is 0.261 e. The SMILES string of the molecule is N#Cc1ccc(NS(=O)(=O)c2ccc(O)cc2)c(Br)c1. The van der Waals surface area contributed by atoms with Gasteiger partial charge in [-0.2, -0.15) is 5.26 Å². The van der Waals surface area contributed by atoms with Crippen LogP contribution < -0.4 is 4.72 Å². The molecule has 0 aliphatic heterocycles. The minimum absolute atomic E-state index is 0.0106. The van der Waals surface area contributed by atoms with Crippen LogP contribution in [0.25, 0.3) is 0 Å². The normalized spacial score (nSPS) is 10.8. The van der Waals surface area contributed by atoms with Crippen LogP contribution in [0.1, 0.15) is 5.56 Å². The van der Waals surface area contributed by atoms with Crippen molar-refractivity contribution < 1.29 is 13.5 Å². The standard InChI is InChI=1S/C13H9BrN2O3S/c14-12-7-9(8-15)1-6-13(12)16-20(18,19)11-4-2-10(17)3-5-11/h1-7,16-17H. The fourth-order valence-corrected chi connectivity index (χ4v) is 3.19. The molecular formula is C13H9BrN2O3S. The third kappa shape index (κ3) is 3.10. The summed E-state index contributed by atoms with van der Waals surface area (Å²) in [5, 5.41) is 17.9. The number of hydrogen-bond donors (Lipinski definition) is 2. The molecule has 0 aliphatic carbocycles. The van der Waals surface area contributed by atoms with E-state index in [0.717, 1.165) is 0 Å². The Morgan fingerprint density at radius 1 is 1.15 bits per heavy atom. The van der Waals surface area contributed by atoms with Crippen molar-refractivity contribution in [1.29, 1.82) is 5.26 Å². The Kier molecular flexibility index (Phi) is 3.97. The summed E-state index contributed by atoms with van der Waals surface area (Å²) in [6, 6.07) is 11.7. The van der Waals surface area contributed by atoms with Crippen LogP contribution >= 0.6 is 15.9 Å². The van der Waals surface area contributed by atoms with E-state index in [1.165, 1.54) is 42.5 Å². The Bertz CT molecular complexity index is 780. The maximum Gasteiger partial charge on any atom is 0.261 e. The highest BCUT2D eigenvalue weighted by Crippen LogP contribution is 2.26. The summed E-state index contributed by atoms with van der Waals surface area (Å²) in [4.78, 5) is 0.0339. The highest BCUT2D eigenvalue weighted by atomic mass is 79.9. The number of rotatable bonds is 3. The molecule has 0 saturated heterocycles. The van der Waals surface area contributed by atoms with Crippen molar-refractivity contribution in [3.8, 4) is 11.8 Å². The first-order valence-corrected chi connectivity index (χ1v) is 7.71. The van der Waals surface area contributed by atoms with Crippen LogP contribution in [-0.4, -0.2) is 13.5 Å². The van der Waals surface area contributed by atoms with Gasteiger partial charge in [-0.15, -0.1) is 0 Å². The minimum Gasteiger partial charge on any atom is -0.508 e. The number of hydrogen-bond acceptors (Lipinski definition) is 4. The fourth-order valence-electron chi connectivity index (χ4n) is 1.50. The van der Waals surface area contributed by atoms with Gasteiger partial charge in [0.1, 0.15) is 5.75 Å². The van der Waals surface area contributed by atoms with E-state index in [1.54, 1.807) is 0 Å². The van der Waals surface area contributed by atoms with Crippen LogP contribution in [0.3, 0.4) is 0 Å². The number of halogens is 1. The van der Waals surface area contributed by atoms with Crippen molar-refractivity contribution in [3.05, 3.63) is 52.5 Å². The predicted octanol–water partition coefficient (Wildman–Crippen LogP) is 2.83. The molecule has 7 heteroatoms. The van der Waals surface area contributed by atoms with Gasteiger partial charge >= 0.3 is 0 Å². The number of phenolic OH excluding ortho intramolecular Hbond substituents is 1. The van der Waals surface area contributed by atoms with Crippen LogP contribution in [-0.2, 0) is 10.0 Å². The Labute approximate surface area is 124 Å². The van der Waals surface area contributed by atoms with E-state index in [1.807, 2.05) is 6.07 Å². The monoisotopic (exact) mass is 352 g/mol. The summed E-state index contributed by atoms with van der Waals surface area (Å²) in [5.74, 6) is -0.0106. The van der Waals surface area contributed by atoms with E-state index >= 15 is 0 Å². The molecule has 5 nitrogen and oxygen atoms in total. The summed E-state index contributed by atoms with van der Waals surface area (Å²) >= 11 is 3.21. The summed E-state index contributed by atoms with van der Waals surface area (Å²) in [5.41, 5.74) is 0.751. The summed E-state index contributed by atoms with van der Waals surface area (Å²) in [7, 11) is -3.75. The van der Waals surface area contributed by atoms with E-state index in [2.05, 4.69) is 20.7 Å². The lowest BCUT2D eigenvalue weighted by atomic mass is 10.2. The van der Waals surface area contributed by atoms with Gasteiger partial charge in [0.25, 0.3) is 10.0 Å². The van der Waals surface area contributed by atoms with Gasteiger partial charge in [-0.25, -0.2) is 8.42 Å². The van der Waals surface area contributed by atoms with Gasteiger partial charge in [0.15, 0.2) is 0 Å². The van der Waals surface area contributed by atoms with Gasteiger partial charge in [-0.3, -0.25) is 4.72 Å². The molecule has 0 aliphatic rings. The zero-order valence-corrected chi connectivity index (χ0v) is 12.4. The lowest BCUT2D eigenvalue weighted by molar-refractivity contribution is 0.475. The molecule has 102 valence electrons. The molecule has 0 saturated carbocycles. The van der Waals surface area contributed by atoms with E-state index in [0.29, 0.717) is 15.7 Å². The number of aromatic hydroxyl groups is 1. The summed E-state index contributed by atoms with van der Waals surface area (Å²) in [6.45, 7) is 0. The average Bonchev–Trinajstić information content (AvgIpc) is 2.41. The van der Waals surface area contributed by atoms with Crippen LogP contribution in [0, 0.1) is 11.3 Å². The van der Waals surface area contributed by atoms with E-state index in [4.69, 9.17) is 10.4 Å². The number of nitrogens with one attached hydrogen (secondary N) is 1. The second-order valence-corrected chi connectivity index (χ2v) is 6.44. The van der Waals surface area contributed by atoms with E-state index in [-0.39, 0.29) is 10.6 Å². The highest BCUT2D eigenvalue weighted by Gasteiger charge is 2.15. The second kappa shape index (κ2) is 5.53. The van der Waals surface area contributed by atoms with Gasteiger partial charge in [0, 0.05) is 4.47 Å². The van der Waals surface area contributed by atoms with Crippen molar-refractivity contribution in [2.45, 2.75) is 4.90 Å². The maximum atomic E-state index is 12.1. The highest BCUT2D eigenvalue weighted by molar-refractivity contribution is 9.10. The lowest BCUT2D eigenvalue weighted by Gasteiger charge is -2.10. The van der Waals surface area contributed by atoms with Crippen LogP contribution in [0.4, 0.5) is 5.69 Å². The van der Waals surface area contributed by atoms with Gasteiger partial charge in [-0.1, -0.05) is 0 Å². The molecule has 2 aromatic rings. The topological polar surface area (TPSA) is 90.2 Å². The molecule has 0 amide bonds. The Balaban J connectivity index is 2.34. The second-order valence-electron chi connectivity index (χ2n) is 3.91. The minimum atomic E-state index is -3.75. The number of anilines is 1. The van der Waals surface area contributed by atoms with Gasteiger partial charge in [-0.05, 0) is 58.4 Å². The molecule has 0 radical (unpaired) electrons. The zero-order valence-electron chi connectivity index (χ0n) is 10.0. The Hall–Kier alpha value is -2.04. The number of benzene rings is 2.